The van der Waals surface area contributed by atoms with Gasteiger partial charge in [-0.05, 0) is 24.7 Å². The molecule has 1 fully saturated rings. The number of rotatable bonds is 5. The molecule has 84 valence electrons. The lowest BCUT2D eigenvalue weighted by molar-refractivity contribution is -0.130. The molecule has 0 spiro atoms. The number of terminal acetylenes is 1. The van der Waals surface area contributed by atoms with Crippen LogP contribution in [0, 0.1) is 24.2 Å². The molecule has 1 unspecified atom stereocenters. The molecular weight excluding hydrogens is 254 g/mol. The van der Waals surface area contributed by atoms with Crippen molar-refractivity contribution in [3.63, 3.8) is 0 Å². The minimum absolute atomic E-state index is 0.107. The molecule has 1 saturated carbocycles. The predicted molar refractivity (Wildman–Crippen MR) is 65.7 cm³/mol. The van der Waals surface area contributed by atoms with Crippen molar-refractivity contribution < 1.29 is 4.79 Å². The molecule has 15 heavy (non-hydrogen) atoms. The Labute approximate surface area is 101 Å². The van der Waals surface area contributed by atoms with E-state index >= 15 is 0 Å². The highest BCUT2D eigenvalue weighted by atomic mass is 79.9. The van der Waals surface area contributed by atoms with Crippen LogP contribution >= 0.6 is 15.9 Å². The summed E-state index contributed by atoms with van der Waals surface area (Å²) in [5, 5.41) is 0. The second-order valence-electron chi connectivity index (χ2n) is 4.51. The fraction of sp³-hybridized carbons (Fsp3) is 0.750. The van der Waals surface area contributed by atoms with Gasteiger partial charge in [0.2, 0.25) is 5.91 Å². The summed E-state index contributed by atoms with van der Waals surface area (Å²) >= 11 is 3.43. The smallest absolute Gasteiger partial charge is 0.237 e. The Balaban J connectivity index is 2.53. The van der Waals surface area contributed by atoms with Gasteiger partial charge in [-0.25, -0.2) is 0 Å². The molecule has 0 heterocycles. The van der Waals surface area contributed by atoms with E-state index in [0.29, 0.717) is 18.4 Å². The molecular formula is C12H18BrNO. The zero-order valence-electron chi connectivity index (χ0n) is 9.37. The Morgan fingerprint density at radius 2 is 2.20 bits per heavy atom. The van der Waals surface area contributed by atoms with Crippen LogP contribution in [-0.2, 0) is 4.79 Å². The molecule has 1 atom stereocenters. The number of amides is 1. The van der Waals surface area contributed by atoms with Gasteiger partial charge in [-0.2, -0.15) is 0 Å². The molecule has 0 N–H and O–H groups in total. The van der Waals surface area contributed by atoms with Crippen LogP contribution in [0.5, 0.6) is 0 Å². The summed E-state index contributed by atoms with van der Waals surface area (Å²) in [4.78, 5) is 13.7. The molecule has 1 rings (SSSR count). The molecule has 0 bridgehead atoms. The first-order chi connectivity index (χ1) is 7.06. The first-order valence-electron chi connectivity index (χ1n) is 5.42. The van der Waals surface area contributed by atoms with Crippen LogP contribution in [0.25, 0.3) is 0 Å². The molecule has 0 aromatic carbocycles. The van der Waals surface area contributed by atoms with E-state index in [1.54, 1.807) is 4.90 Å². The summed E-state index contributed by atoms with van der Waals surface area (Å²) in [6, 6.07) is 0. The van der Waals surface area contributed by atoms with Crippen LogP contribution in [0.4, 0.5) is 0 Å². The van der Waals surface area contributed by atoms with Gasteiger partial charge in [0, 0.05) is 6.54 Å². The third-order valence-corrected chi connectivity index (χ3v) is 4.04. The summed E-state index contributed by atoms with van der Waals surface area (Å²) in [7, 11) is 0. The predicted octanol–water partition coefficient (Wildman–Crippen LogP) is 2.28. The quantitative estimate of drug-likeness (QED) is 0.555. The van der Waals surface area contributed by atoms with E-state index in [4.69, 9.17) is 6.42 Å². The topological polar surface area (TPSA) is 20.3 Å². The monoisotopic (exact) mass is 271 g/mol. The first kappa shape index (κ1) is 12.6. The maximum atomic E-state index is 12.0. The molecule has 3 heteroatoms. The van der Waals surface area contributed by atoms with Gasteiger partial charge in [0.05, 0.1) is 11.4 Å². The van der Waals surface area contributed by atoms with Crippen LogP contribution in [0.3, 0.4) is 0 Å². The van der Waals surface area contributed by atoms with E-state index in [2.05, 4.69) is 21.9 Å². The highest BCUT2D eigenvalue weighted by Gasteiger charge is 2.29. The van der Waals surface area contributed by atoms with Crippen LogP contribution in [0.1, 0.15) is 26.7 Å². The third kappa shape index (κ3) is 3.87. The molecule has 0 aromatic heterocycles. The van der Waals surface area contributed by atoms with E-state index in [1.165, 1.54) is 12.8 Å². The molecule has 0 saturated heterocycles. The van der Waals surface area contributed by atoms with E-state index in [-0.39, 0.29) is 10.7 Å². The van der Waals surface area contributed by atoms with Gasteiger partial charge in [0.15, 0.2) is 0 Å². The van der Waals surface area contributed by atoms with E-state index in [1.807, 2.05) is 13.8 Å². The fourth-order valence-electron chi connectivity index (χ4n) is 1.41. The summed E-state index contributed by atoms with van der Waals surface area (Å²) in [6.45, 7) is 5.33. The minimum Gasteiger partial charge on any atom is -0.330 e. The summed E-state index contributed by atoms with van der Waals surface area (Å²) in [6.07, 6.45) is 7.76. The number of alkyl halides is 1. The van der Waals surface area contributed by atoms with Gasteiger partial charge in [-0.1, -0.05) is 35.7 Å². The van der Waals surface area contributed by atoms with Crippen LogP contribution in [0.2, 0.25) is 0 Å². The maximum absolute atomic E-state index is 12.0. The Morgan fingerprint density at radius 3 is 2.60 bits per heavy atom. The second-order valence-corrected chi connectivity index (χ2v) is 5.50. The van der Waals surface area contributed by atoms with Gasteiger partial charge >= 0.3 is 0 Å². The first-order valence-corrected chi connectivity index (χ1v) is 6.34. The number of carbonyl (C=O) groups is 1. The van der Waals surface area contributed by atoms with Crippen molar-refractivity contribution in [1.29, 1.82) is 0 Å². The highest BCUT2D eigenvalue weighted by Crippen LogP contribution is 2.30. The van der Waals surface area contributed by atoms with Crippen molar-refractivity contribution in [2.24, 2.45) is 11.8 Å². The van der Waals surface area contributed by atoms with Crippen molar-refractivity contribution in [1.82, 2.24) is 4.90 Å². The average molecular weight is 272 g/mol. The summed E-state index contributed by atoms with van der Waals surface area (Å²) in [5.74, 6) is 3.69. The number of carbonyl (C=O) groups excluding carboxylic acids is 1. The minimum atomic E-state index is -0.107. The number of nitrogens with zero attached hydrogens (tertiary/aromatic N) is 1. The van der Waals surface area contributed by atoms with Gasteiger partial charge in [0.25, 0.3) is 0 Å². The fourth-order valence-corrected chi connectivity index (χ4v) is 1.70. The molecule has 0 aliphatic heterocycles. The number of halogens is 1. The average Bonchev–Trinajstić information content (AvgIpc) is 2.98. The van der Waals surface area contributed by atoms with Crippen molar-refractivity contribution in [3.8, 4) is 12.3 Å². The zero-order valence-corrected chi connectivity index (χ0v) is 11.0. The van der Waals surface area contributed by atoms with Crippen molar-refractivity contribution in [2.45, 2.75) is 31.5 Å². The lowest BCUT2D eigenvalue weighted by Crippen LogP contribution is -2.40. The Morgan fingerprint density at radius 1 is 1.60 bits per heavy atom. The molecule has 1 aliphatic carbocycles. The molecule has 0 aromatic rings. The Bertz CT molecular complexity index is 265. The van der Waals surface area contributed by atoms with E-state index in [9.17, 15) is 4.79 Å². The lowest BCUT2D eigenvalue weighted by atomic mass is 10.1. The van der Waals surface area contributed by atoms with Crippen LogP contribution in [-0.4, -0.2) is 28.7 Å². The van der Waals surface area contributed by atoms with Gasteiger partial charge in [-0.3, -0.25) is 4.79 Å². The normalized spacial score (nSPS) is 17.3. The molecule has 1 amide bonds. The number of hydrogen-bond donors (Lipinski definition) is 0. The zero-order chi connectivity index (χ0) is 11.4. The lowest BCUT2D eigenvalue weighted by Gasteiger charge is -2.24. The highest BCUT2D eigenvalue weighted by molar-refractivity contribution is 9.10. The van der Waals surface area contributed by atoms with Crippen molar-refractivity contribution >= 4 is 21.8 Å². The van der Waals surface area contributed by atoms with Gasteiger partial charge < -0.3 is 4.90 Å². The standard InChI is InChI=1S/C12H18BrNO/c1-4-7-14(8-10-5-6-10)12(15)11(13)9(2)3/h1,9-11H,5-8H2,2-3H3. The van der Waals surface area contributed by atoms with Crippen LogP contribution in [0.15, 0.2) is 0 Å². The SMILES string of the molecule is C#CCN(CC1CC1)C(=O)C(Br)C(C)C. The van der Waals surface area contributed by atoms with Gasteiger partial charge in [0.1, 0.15) is 0 Å². The number of hydrogen-bond acceptors (Lipinski definition) is 1. The second kappa shape index (κ2) is 5.55. The maximum Gasteiger partial charge on any atom is 0.237 e. The molecule has 0 radical (unpaired) electrons. The van der Waals surface area contributed by atoms with E-state index in [0.717, 1.165) is 6.54 Å². The molecule has 1 aliphatic rings. The Kier molecular flexibility index (Phi) is 4.66. The molecule has 2 nitrogen and oxygen atoms in total. The van der Waals surface area contributed by atoms with Crippen molar-refractivity contribution in [3.05, 3.63) is 0 Å². The summed E-state index contributed by atoms with van der Waals surface area (Å²) < 4.78 is 0. The van der Waals surface area contributed by atoms with Crippen LogP contribution < -0.4 is 0 Å². The van der Waals surface area contributed by atoms with E-state index < -0.39 is 0 Å². The third-order valence-electron chi connectivity index (χ3n) is 2.59. The Hall–Kier alpha value is -0.490. The van der Waals surface area contributed by atoms with Gasteiger partial charge in [-0.15, -0.1) is 6.42 Å². The van der Waals surface area contributed by atoms with Crippen molar-refractivity contribution in [2.75, 3.05) is 13.1 Å². The largest absolute Gasteiger partial charge is 0.330 e. The summed E-state index contributed by atoms with van der Waals surface area (Å²) in [5.41, 5.74) is 0.